The second-order valence-electron chi connectivity index (χ2n) is 9.60. The largest absolute Gasteiger partial charge is 0.480 e. The van der Waals surface area contributed by atoms with Gasteiger partial charge in [-0.05, 0) is 59.4 Å². The second-order valence-corrected chi connectivity index (χ2v) is 10.8. The molecule has 2 fully saturated rings. The van der Waals surface area contributed by atoms with Gasteiger partial charge in [0.1, 0.15) is 12.6 Å². The van der Waals surface area contributed by atoms with Gasteiger partial charge < -0.3 is 20.1 Å². The Balaban J connectivity index is 1.27. The standard InChI is InChI=1S/C27H30N2O5S/c30-24(29-13-5-10-23(29)25(31)32)16-27(11-14-35-15-12-27)28-26(33)34-17-22-20-8-3-1-6-18(20)19-7-2-4-9-21(19)22/h1-4,6-9,22-23H,5,10-17H2,(H,28,33)(H,31,32)/t23-/m1/s1. The maximum Gasteiger partial charge on any atom is 0.407 e. The van der Waals surface area contributed by atoms with Crippen LogP contribution in [0.5, 0.6) is 0 Å². The summed E-state index contributed by atoms with van der Waals surface area (Å²) >= 11 is 1.80. The molecule has 0 radical (unpaired) electrons. The molecule has 7 nitrogen and oxygen atoms in total. The first-order valence-corrected chi connectivity index (χ1v) is 13.4. The molecule has 2 aromatic carbocycles. The topological polar surface area (TPSA) is 95.9 Å². The van der Waals surface area contributed by atoms with Crippen molar-refractivity contribution >= 4 is 29.7 Å². The van der Waals surface area contributed by atoms with Crippen molar-refractivity contribution in [2.75, 3.05) is 24.7 Å². The predicted octanol–water partition coefficient (Wildman–Crippen LogP) is 4.26. The third kappa shape index (κ3) is 4.76. The summed E-state index contributed by atoms with van der Waals surface area (Å²) in [6.07, 6.45) is 2.04. The quantitative estimate of drug-likeness (QED) is 0.623. The number of aliphatic carboxylic acids is 1. The minimum absolute atomic E-state index is 0.0337. The fourth-order valence-electron chi connectivity index (χ4n) is 5.67. The zero-order valence-corrected chi connectivity index (χ0v) is 20.4. The molecule has 1 aliphatic carbocycles. The number of amides is 2. The first-order valence-electron chi connectivity index (χ1n) is 12.2. The Kier molecular flexibility index (Phi) is 6.73. The van der Waals surface area contributed by atoms with E-state index in [0.29, 0.717) is 32.2 Å². The molecule has 8 heteroatoms. The van der Waals surface area contributed by atoms with Crippen molar-refractivity contribution in [3.63, 3.8) is 0 Å². The Morgan fingerprint density at radius 2 is 1.66 bits per heavy atom. The fraction of sp³-hybridized carbons (Fsp3) is 0.444. The van der Waals surface area contributed by atoms with E-state index in [4.69, 9.17) is 4.74 Å². The number of nitrogens with one attached hydrogen (secondary N) is 1. The molecule has 5 rings (SSSR count). The molecule has 2 aliphatic heterocycles. The lowest BCUT2D eigenvalue weighted by molar-refractivity contribution is -0.148. The molecule has 0 aromatic heterocycles. The van der Waals surface area contributed by atoms with E-state index < -0.39 is 23.6 Å². The minimum Gasteiger partial charge on any atom is -0.480 e. The van der Waals surface area contributed by atoms with E-state index in [1.165, 1.54) is 16.0 Å². The number of hydrogen-bond acceptors (Lipinski definition) is 5. The van der Waals surface area contributed by atoms with Gasteiger partial charge in [0.05, 0.1) is 12.0 Å². The normalized spacial score (nSPS) is 20.7. The summed E-state index contributed by atoms with van der Waals surface area (Å²) < 4.78 is 5.76. The highest BCUT2D eigenvalue weighted by Gasteiger charge is 2.41. The molecule has 2 heterocycles. The molecule has 0 saturated carbocycles. The molecule has 184 valence electrons. The average Bonchev–Trinajstić information content (AvgIpc) is 3.47. The van der Waals surface area contributed by atoms with Crippen LogP contribution in [0.15, 0.2) is 48.5 Å². The molecule has 0 bridgehead atoms. The van der Waals surface area contributed by atoms with Gasteiger partial charge in [0, 0.05) is 12.5 Å². The zero-order valence-electron chi connectivity index (χ0n) is 19.6. The van der Waals surface area contributed by atoms with Crippen molar-refractivity contribution in [1.29, 1.82) is 0 Å². The Hall–Kier alpha value is -3.00. The van der Waals surface area contributed by atoms with Crippen LogP contribution in [0.1, 0.15) is 49.1 Å². The molecule has 1 atom stereocenters. The number of likely N-dealkylation sites (tertiary alicyclic amines) is 1. The molecule has 2 N–H and O–H groups in total. The molecule has 35 heavy (non-hydrogen) atoms. The van der Waals surface area contributed by atoms with E-state index >= 15 is 0 Å². The maximum absolute atomic E-state index is 13.1. The summed E-state index contributed by atoms with van der Waals surface area (Å²) in [5.74, 6) is 0.460. The zero-order chi connectivity index (χ0) is 24.4. The minimum atomic E-state index is -0.964. The fourth-order valence-corrected chi connectivity index (χ4v) is 6.95. The van der Waals surface area contributed by atoms with Crippen molar-refractivity contribution in [3.05, 3.63) is 59.7 Å². The van der Waals surface area contributed by atoms with Crippen molar-refractivity contribution in [3.8, 4) is 11.1 Å². The number of fused-ring (bicyclic) bond motifs is 3. The third-order valence-corrected chi connectivity index (χ3v) is 8.49. The predicted molar refractivity (Wildman–Crippen MR) is 134 cm³/mol. The van der Waals surface area contributed by atoms with Crippen LogP contribution in [-0.4, -0.2) is 64.2 Å². The van der Waals surface area contributed by atoms with E-state index in [0.717, 1.165) is 22.6 Å². The lowest BCUT2D eigenvalue weighted by Gasteiger charge is -2.38. The summed E-state index contributed by atoms with van der Waals surface area (Å²) in [5, 5.41) is 12.5. The lowest BCUT2D eigenvalue weighted by Crippen LogP contribution is -2.54. The van der Waals surface area contributed by atoms with Crippen LogP contribution in [0.2, 0.25) is 0 Å². The van der Waals surface area contributed by atoms with E-state index in [9.17, 15) is 19.5 Å². The number of nitrogens with zero attached hydrogens (tertiary/aromatic N) is 1. The summed E-state index contributed by atoms with van der Waals surface area (Å²) in [6, 6.07) is 15.6. The molecule has 0 spiro atoms. The van der Waals surface area contributed by atoms with Gasteiger partial charge in [0.15, 0.2) is 0 Å². The van der Waals surface area contributed by atoms with E-state index in [-0.39, 0.29) is 24.9 Å². The molecule has 0 unspecified atom stereocenters. The van der Waals surface area contributed by atoms with Gasteiger partial charge in [-0.25, -0.2) is 9.59 Å². The van der Waals surface area contributed by atoms with E-state index in [1.807, 2.05) is 24.3 Å². The Morgan fingerprint density at radius 3 is 2.29 bits per heavy atom. The first-order chi connectivity index (χ1) is 17.0. The SMILES string of the molecule is O=C(NC1(CC(=O)N2CCC[C@@H]2C(=O)O)CCSCC1)OCC1c2ccccc2-c2ccccc21. The van der Waals surface area contributed by atoms with Crippen molar-refractivity contribution in [2.45, 2.75) is 49.6 Å². The number of ether oxygens (including phenoxy) is 1. The van der Waals surface area contributed by atoms with Gasteiger partial charge in [-0.3, -0.25) is 4.79 Å². The number of carbonyl (C=O) groups excluding carboxylic acids is 2. The van der Waals surface area contributed by atoms with Crippen LogP contribution < -0.4 is 5.32 Å². The number of benzene rings is 2. The van der Waals surface area contributed by atoms with Gasteiger partial charge in [0.25, 0.3) is 0 Å². The number of carboxylic acids is 1. The average molecular weight is 495 g/mol. The highest BCUT2D eigenvalue weighted by molar-refractivity contribution is 7.99. The number of carboxylic acid groups (broad SMARTS) is 1. The molecular formula is C27H30N2O5S. The highest BCUT2D eigenvalue weighted by Crippen LogP contribution is 2.44. The Morgan fingerprint density at radius 1 is 1.03 bits per heavy atom. The highest BCUT2D eigenvalue weighted by atomic mass is 32.2. The summed E-state index contributed by atoms with van der Waals surface area (Å²) in [6.45, 7) is 0.664. The van der Waals surface area contributed by atoms with Crippen molar-refractivity contribution in [2.24, 2.45) is 0 Å². The summed E-state index contributed by atoms with van der Waals surface area (Å²) in [7, 11) is 0. The van der Waals surface area contributed by atoms with E-state index in [2.05, 4.69) is 29.6 Å². The molecule has 3 aliphatic rings. The lowest BCUT2D eigenvalue weighted by atomic mass is 9.87. The maximum atomic E-state index is 13.1. The Bertz CT molecular complexity index is 1080. The molecule has 2 aromatic rings. The number of carbonyl (C=O) groups is 3. The van der Waals surface area contributed by atoms with Crippen molar-refractivity contribution in [1.82, 2.24) is 10.2 Å². The van der Waals surface area contributed by atoms with Gasteiger partial charge in [-0.2, -0.15) is 11.8 Å². The van der Waals surface area contributed by atoms with Gasteiger partial charge in [-0.15, -0.1) is 0 Å². The van der Waals surface area contributed by atoms with Gasteiger partial charge in [0.2, 0.25) is 5.91 Å². The molecule has 2 amide bonds. The number of alkyl carbamates (subject to hydrolysis) is 1. The summed E-state index contributed by atoms with van der Waals surface area (Å²) in [4.78, 5) is 39.2. The van der Waals surface area contributed by atoms with Crippen LogP contribution in [-0.2, 0) is 14.3 Å². The van der Waals surface area contributed by atoms with Crippen molar-refractivity contribution < 1.29 is 24.2 Å². The van der Waals surface area contributed by atoms with Crippen LogP contribution >= 0.6 is 11.8 Å². The van der Waals surface area contributed by atoms with Crippen LogP contribution in [0.3, 0.4) is 0 Å². The van der Waals surface area contributed by atoms with Gasteiger partial charge >= 0.3 is 12.1 Å². The Labute approximate surface area is 209 Å². The second kappa shape index (κ2) is 9.93. The summed E-state index contributed by atoms with van der Waals surface area (Å²) in [5.41, 5.74) is 3.92. The third-order valence-electron chi connectivity index (χ3n) is 7.51. The molecule has 2 saturated heterocycles. The molecular weight excluding hydrogens is 464 g/mol. The smallest absolute Gasteiger partial charge is 0.407 e. The first kappa shape index (κ1) is 23.7. The van der Waals surface area contributed by atoms with Gasteiger partial charge in [-0.1, -0.05) is 48.5 Å². The number of hydrogen-bond donors (Lipinski definition) is 2. The number of rotatable bonds is 6. The van der Waals surface area contributed by atoms with Crippen LogP contribution in [0.4, 0.5) is 4.79 Å². The van der Waals surface area contributed by atoms with Crippen LogP contribution in [0.25, 0.3) is 11.1 Å². The monoisotopic (exact) mass is 494 g/mol. The van der Waals surface area contributed by atoms with E-state index in [1.54, 1.807) is 11.8 Å². The number of thioether (sulfide) groups is 1. The van der Waals surface area contributed by atoms with Crippen LogP contribution in [0, 0.1) is 0 Å².